The Labute approximate surface area is 116 Å². The van der Waals surface area contributed by atoms with Crippen LogP contribution in [-0.4, -0.2) is 22.6 Å². The van der Waals surface area contributed by atoms with Crippen molar-refractivity contribution in [2.24, 2.45) is 0 Å². The fourth-order valence-corrected chi connectivity index (χ4v) is 1.88. The summed E-state index contributed by atoms with van der Waals surface area (Å²) in [7, 11) is 0. The third kappa shape index (κ3) is 3.12. The molecule has 0 spiro atoms. The van der Waals surface area contributed by atoms with Gasteiger partial charge in [-0.15, -0.1) is 0 Å². The molecule has 0 bridgehead atoms. The van der Waals surface area contributed by atoms with E-state index in [9.17, 15) is 9.90 Å². The SMILES string of the molecule is N#Cc1ncccc1NCC(C(=O)O)c1ccccc1. The van der Waals surface area contributed by atoms with Crippen molar-refractivity contribution in [2.75, 3.05) is 11.9 Å². The van der Waals surface area contributed by atoms with Gasteiger partial charge < -0.3 is 10.4 Å². The highest BCUT2D eigenvalue weighted by atomic mass is 16.4. The van der Waals surface area contributed by atoms with E-state index >= 15 is 0 Å². The van der Waals surface area contributed by atoms with Crippen LogP contribution in [-0.2, 0) is 4.79 Å². The first-order chi connectivity index (χ1) is 9.72. The number of aromatic nitrogens is 1. The molecule has 1 atom stereocenters. The molecule has 1 unspecified atom stereocenters. The van der Waals surface area contributed by atoms with Crippen molar-refractivity contribution in [3.05, 3.63) is 59.9 Å². The van der Waals surface area contributed by atoms with Gasteiger partial charge in [-0.05, 0) is 17.7 Å². The number of nitrogens with one attached hydrogen (secondary N) is 1. The summed E-state index contributed by atoms with van der Waals surface area (Å²) in [4.78, 5) is 15.3. The van der Waals surface area contributed by atoms with Crippen LogP contribution in [0.15, 0.2) is 48.7 Å². The van der Waals surface area contributed by atoms with Crippen molar-refractivity contribution < 1.29 is 9.90 Å². The van der Waals surface area contributed by atoms with E-state index in [0.717, 1.165) is 5.56 Å². The Morgan fingerprint density at radius 2 is 2.05 bits per heavy atom. The highest BCUT2D eigenvalue weighted by Crippen LogP contribution is 2.18. The Morgan fingerprint density at radius 3 is 2.70 bits per heavy atom. The zero-order chi connectivity index (χ0) is 14.4. The van der Waals surface area contributed by atoms with Crippen LogP contribution in [0.4, 0.5) is 5.69 Å². The van der Waals surface area contributed by atoms with Crippen LogP contribution in [0, 0.1) is 11.3 Å². The normalized spacial score (nSPS) is 11.3. The van der Waals surface area contributed by atoms with Gasteiger partial charge in [0.2, 0.25) is 0 Å². The van der Waals surface area contributed by atoms with E-state index in [1.165, 1.54) is 6.20 Å². The first-order valence-electron chi connectivity index (χ1n) is 6.09. The molecular weight excluding hydrogens is 254 g/mol. The Hall–Kier alpha value is -2.87. The summed E-state index contributed by atoms with van der Waals surface area (Å²) in [5.74, 6) is -1.59. The van der Waals surface area contributed by atoms with Crippen LogP contribution in [0.25, 0.3) is 0 Å². The molecule has 100 valence electrons. The van der Waals surface area contributed by atoms with E-state index < -0.39 is 11.9 Å². The number of aliphatic carboxylic acids is 1. The second kappa shape index (κ2) is 6.34. The second-order valence-corrected chi connectivity index (χ2v) is 4.19. The molecule has 0 fully saturated rings. The smallest absolute Gasteiger partial charge is 0.312 e. The Bertz CT molecular complexity index is 635. The van der Waals surface area contributed by atoms with Gasteiger partial charge in [-0.2, -0.15) is 5.26 Å². The summed E-state index contributed by atoms with van der Waals surface area (Å²) in [6.07, 6.45) is 1.52. The highest BCUT2D eigenvalue weighted by molar-refractivity contribution is 5.77. The van der Waals surface area contributed by atoms with Crippen molar-refractivity contribution in [3.63, 3.8) is 0 Å². The maximum absolute atomic E-state index is 11.4. The van der Waals surface area contributed by atoms with Crippen LogP contribution in [0.2, 0.25) is 0 Å². The van der Waals surface area contributed by atoms with Crippen LogP contribution >= 0.6 is 0 Å². The number of hydrogen-bond donors (Lipinski definition) is 2. The summed E-state index contributed by atoms with van der Waals surface area (Å²) in [5, 5.41) is 21.2. The van der Waals surface area contributed by atoms with Gasteiger partial charge in [-0.25, -0.2) is 4.98 Å². The monoisotopic (exact) mass is 267 g/mol. The van der Waals surface area contributed by atoms with E-state index in [1.807, 2.05) is 12.1 Å². The summed E-state index contributed by atoms with van der Waals surface area (Å²) < 4.78 is 0. The molecule has 0 amide bonds. The van der Waals surface area contributed by atoms with Gasteiger partial charge in [-0.3, -0.25) is 4.79 Å². The Kier molecular flexibility index (Phi) is 4.30. The number of nitriles is 1. The van der Waals surface area contributed by atoms with Crippen molar-refractivity contribution in [2.45, 2.75) is 5.92 Å². The molecule has 0 aliphatic carbocycles. The minimum Gasteiger partial charge on any atom is -0.481 e. The molecule has 5 nitrogen and oxygen atoms in total. The number of carbonyl (C=O) groups is 1. The molecule has 1 heterocycles. The molecule has 0 aliphatic heterocycles. The first-order valence-corrected chi connectivity index (χ1v) is 6.09. The number of anilines is 1. The van der Waals surface area contributed by atoms with E-state index in [4.69, 9.17) is 5.26 Å². The summed E-state index contributed by atoms with van der Waals surface area (Å²) in [5.41, 5.74) is 1.51. The number of carboxylic acid groups (broad SMARTS) is 1. The number of rotatable bonds is 5. The van der Waals surface area contributed by atoms with Crippen LogP contribution < -0.4 is 5.32 Å². The summed E-state index contributed by atoms with van der Waals surface area (Å²) in [6, 6.07) is 14.4. The van der Waals surface area contributed by atoms with E-state index in [2.05, 4.69) is 10.3 Å². The van der Waals surface area contributed by atoms with Gasteiger partial charge >= 0.3 is 5.97 Å². The van der Waals surface area contributed by atoms with Gasteiger partial charge in [0.1, 0.15) is 6.07 Å². The maximum Gasteiger partial charge on any atom is 0.312 e. The lowest BCUT2D eigenvalue weighted by molar-refractivity contribution is -0.138. The molecule has 2 rings (SSSR count). The minimum absolute atomic E-state index is 0.194. The molecule has 0 saturated heterocycles. The van der Waals surface area contributed by atoms with Crippen molar-refractivity contribution in [1.82, 2.24) is 4.98 Å². The first kappa shape index (κ1) is 13.6. The fourth-order valence-electron chi connectivity index (χ4n) is 1.88. The second-order valence-electron chi connectivity index (χ2n) is 4.19. The van der Waals surface area contributed by atoms with Gasteiger partial charge in [0, 0.05) is 12.7 Å². The number of carboxylic acids is 1. The average Bonchev–Trinajstić information content (AvgIpc) is 2.48. The fraction of sp³-hybridized carbons (Fsp3) is 0.133. The summed E-state index contributed by atoms with van der Waals surface area (Å²) in [6.45, 7) is 0.194. The zero-order valence-electron chi connectivity index (χ0n) is 10.7. The van der Waals surface area contributed by atoms with Crippen molar-refractivity contribution in [1.29, 1.82) is 5.26 Å². The van der Waals surface area contributed by atoms with Crippen LogP contribution in [0.3, 0.4) is 0 Å². The molecule has 0 radical (unpaired) electrons. The lowest BCUT2D eigenvalue weighted by atomic mass is 9.99. The molecule has 2 aromatic rings. The van der Waals surface area contributed by atoms with E-state index in [-0.39, 0.29) is 12.2 Å². The maximum atomic E-state index is 11.4. The summed E-state index contributed by atoms with van der Waals surface area (Å²) >= 11 is 0. The number of hydrogen-bond acceptors (Lipinski definition) is 4. The molecule has 1 aromatic heterocycles. The average molecular weight is 267 g/mol. The molecule has 0 saturated carbocycles. The topological polar surface area (TPSA) is 86.0 Å². The lowest BCUT2D eigenvalue weighted by Crippen LogP contribution is -2.21. The lowest BCUT2D eigenvalue weighted by Gasteiger charge is -2.15. The molecule has 0 aliphatic rings. The largest absolute Gasteiger partial charge is 0.481 e. The van der Waals surface area contributed by atoms with Gasteiger partial charge in [0.15, 0.2) is 5.69 Å². The van der Waals surface area contributed by atoms with Crippen molar-refractivity contribution >= 4 is 11.7 Å². The van der Waals surface area contributed by atoms with Gasteiger partial charge in [0.25, 0.3) is 0 Å². The Morgan fingerprint density at radius 1 is 1.30 bits per heavy atom. The highest BCUT2D eigenvalue weighted by Gasteiger charge is 2.19. The number of benzene rings is 1. The molecule has 2 N–H and O–H groups in total. The van der Waals surface area contributed by atoms with Crippen LogP contribution in [0.5, 0.6) is 0 Å². The molecule has 5 heteroatoms. The molecule has 20 heavy (non-hydrogen) atoms. The molecule has 1 aromatic carbocycles. The predicted molar refractivity (Wildman–Crippen MR) is 74.3 cm³/mol. The third-order valence-corrected chi connectivity index (χ3v) is 2.91. The number of nitrogens with zero attached hydrogens (tertiary/aromatic N) is 2. The zero-order valence-corrected chi connectivity index (χ0v) is 10.7. The quantitative estimate of drug-likeness (QED) is 0.867. The van der Waals surface area contributed by atoms with Crippen molar-refractivity contribution in [3.8, 4) is 6.07 Å². The van der Waals surface area contributed by atoms with E-state index in [0.29, 0.717) is 5.69 Å². The molecular formula is C15H13N3O2. The standard InChI is InChI=1S/C15H13N3O2/c16-9-14-13(7-4-8-17-14)18-10-12(15(19)20)11-5-2-1-3-6-11/h1-8,12,18H,10H2,(H,19,20). The minimum atomic E-state index is -0.911. The van der Waals surface area contributed by atoms with Crippen LogP contribution in [0.1, 0.15) is 17.2 Å². The predicted octanol–water partition coefficient (Wildman–Crippen LogP) is 2.23. The van der Waals surface area contributed by atoms with E-state index in [1.54, 1.807) is 36.4 Å². The Balaban J connectivity index is 2.15. The van der Waals surface area contributed by atoms with Gasteiger partial charge in [-0.1, -0.05) is 30.3 Å². The van der Waals surface area contributed by atoms with Gasteiger partial charge in [0.05, 0.1) is 11.6 Å². The number of pyridine rings is 1. The third-order valence-electron chi connectivity index (χ3n) is 2.91.